The molecule has 48 heavy (non-hydrogen) atoms. The monoisotopic (exact) mass is 678 g/mol. The van der Waals surface area contributed by atoms with Crippen LogP contribution in [0.2, 0.25) is 0 Å². The van der Waals surface area contributed by atoms with Gasteiger partial charge in [-0.05, 0) is 87.8 Å². The Balaban J connectivity index is 1.75. The third-order valence-electron chi connectivity index (χ3n) is 7.77. The number of nitrogens with zero attached hydrogens (tertiary/aromatic N) is 1. The van der Waals surface area contributed by atoms with Crippen molar-refractivity contribution < 1.29 is 27.5 Å². The fourth-order valence-electron chi connectivity index (χ4n) is 5.34. The minimum absolute atomic E-state index is 0.0782. The largest absolute Gasteiger partial charge is 0.444 e. The van der Waals surface area contributed by atoms with Crippen molar-refractivity contribution in [3.05, 3.63) is 96.1 Å². The Morgan fingerprint density at radius 2 is 1.44 bits per heavy atom. The molecule has 0 aliphatic carbocycles. The number of nitrogen functional groups attached to an aromatic ring is 1. The first-order valence-corrected chi connectivity index (χ1v) is 17.9. The lowest BCUT2D eigenvalue weighted by Crippen LogP contribution is -2.51. The van der Waals surface area contributed by atoms with Crippen molar-refractivity contribution in [2.75, 3.05) is 18.8 Å². The highest BCUT2D eigenvalue weighted by atomic mass is 32.2. The van der Waals surface area contributed by atoms with E-state index in [2.05, 4.69) is 10.6 Å². The van der Waals surface area contributed by atoms with E-state index in [1.54, 1.807) is 20.8 Å². The van der Waals surface area contributed by atoms with Crippen LogP contribution in [-0.2, 0) is 24.3 Å². The molecule has 2 amide bonds. The van der Waals surface area contributed by atoms with E-state index in [0.717, 1.165) is 11.1 Å². The molecular formula is C37H50N4O6S. The highest BCUT2D eigenvalue weighted by Gasteiger charge is 2.34. The van der Waals surface area contributed by atoms with Gasteiger partial charge in [-0.2, -0.15) is 4.31 Å². The van der Waals surface area contributed by atoms with E-state index in [0.29, 0.717) is 31.2 Å². The Labute approximate surface area is 285 Å². The fraction of sp³-hybridized carbons (Fsp3) is 0.432. The van der Waals surface area contributed by atoms with Crippen molar-refractivity contribution in [1.29, 1.82) is 0 Å². The van der Waals surface area contributed by atoms with Crippen LogP contribution in [0.4, 0.5) is 10.5 Å². The van der Waals surface area contributed by atoms with Crippen molar-refractivity contribution in [1.82, 2.24) is 14.9 Å². The first-order chi connectivity index (χ1) is 22.7. The van der Waals surface area contributed by atoms with Crippen LogP contribution in [0.5, 0.6) is 0 Å². The standard InChI is InChI=1S/C37H50N4O6S/c1-27(2)23-25-41(48(45,46)32-21-19-30(38)20-22-32)31(26-42)18-12-13-24-39-35(43)34(40-36(44)47-37(3,4)5)33(28-14-8-6-9-15-28)29-16-10-7-11-17-29/h6-11,14-17,19-22,26-27,31,33-34H,12-13,18,23-25,38H2,1-5H3,(H,39,43)(H,40,44)/t31-,34-/m0/s1. The van der Waals surface area contributed by atoms with Crippen molar-refractivity contribution in [2.24, 2.45) is 5.92 Å². The smallest absolute Gasteiger partial charge is 0.408 e. The second-order valence-electron chi connectivity index (χ2n) is 13.3. The number of alkyl carbamates (subject to hydrolysis) is 1. The van der Waals surface area contributed by atoms with Gasteiger partial charge in [0, 0.05) is 24.7 Å². The number of carbonyl (C=O) groups excluding carboxylic acids is 3. The number of nitrogens with one attached hydrogen (secondary N) is 2. The lowest BCUT2D eigenvalue weighted by Gasteiger charge is -2.30. The summed E-state index contributed by atoms with van der Waals surface area (Å²) in [6, 6.07) is 23.1. The van der Waals surface area contributed by atoms with Gasteiger partial charge >= 0.3 is 6.09 Å². The third kappa shape index (κ3) is 11.5. The van der Waals surface area contributed by atoms with Crippen LogP contribution in [0, 0.1) is 5.92 Å². The molecule has 0 aromatic heterocycles. The number of sulfonamides is 1. The van der Waals surface area contributed by atoms with Crippen LogP contribution in [-0.4, -0.2) is 61.8 Å². The normalized spacial score (nSPS) is 13.2. The fourth-order valence-corrected chi connectivity index (χ4v) is 6.95. The second-order valence-corrected chi connectivity index (χ2v) is 15.2. The summed E-state index contributed by atoms with van der Waals surface area (Å²) in [7, 11) is -3.95. The van der Waals surface area contributed by atoms with Crippen molar-refractivity contribution >= 4 is 34.0 Å². The van der Waals surface area contributed by atoms with Crippen molar-refractivity contribution in [3.8, 4) is 0 Å². The zero-order valence-corrected chi connectivity index (χ0v) is 29.4. The predicted octanol–water partition coefficient (Wildman–Crippen LogP) is 5.89. The number of aldehydes is 1. The maximum absolute atomic E-state index is 13.8. The van der Waals surface area contributed by atoms with Crippen LogP contribution in [0.15, 0.2) is 89.8 Å². The van der Waals surface area contributed by atoms with Crippen LogP contribution in [0.25, 0.3) is 0 Å². The number of rotatable bonds is 17. The summed E-state index contributed by atoms with van der Waals surface area (Å²) < 4.78 is 34.0. The number of anilines is 1. The highest BCUT2D eigenvalue weighted by molar-refractivity contribution is 7.89. The number of hydrogen-bond acceptors (Lipinski definition) is 7. The molecule has 0 heterocycles. The molecule has 0 radical (unpaired) electrons. The van der Waals surface area contributed by atoms with Gasteiger partial charge in [0.1, 0.15) is 17.9 Å². The minimum Gasteiger partial charge on any atom is -0.444 e. The number of amides is 2. The van der Waals surface area contributed by atoms with E-state index in [4.69, 9.17) is 10.5 Å². The summed E-state index contributed by atoms with van der Waals surface area (Å²) in [5.41, 5.74) is 7.14. The van der Waals surface area contributed by atoms with Gasteiger partial charge in [-0.25, -0.2) is 13.2 Å². The summed E-state index contributed by atoms with van der Waals surface area (Å²) in [4.78, 5) is 39.2. The van der Waals surface area contributed by atoms with Crippen molar-refractivity contribution in [2.45, 2.75) is 88.8 Å². The van der Waals surface area contributed by atoms with E-state index in [9.17, 15) is 22.8 Å². The zero-order valence-electron chi connectivity index (χ0n) is 28.6. The van der Waals surface area contributed by atoms with Gasteiger partial charge < -0.3 is 25.9 Å². The third-order valence-corrected chi connectivity index (χ3v) is 9.71. The number of benzene rings is 3. The Morgan fingerprint density at radius 1 is 0.875 bits per heavy atom. The predicted molar refractivity (Wildman–Crippen MR) is 189 cm³/mol. The minimum atomic E-state index is -3.95. The molecule has 2 atom stereocenters. The van der Waals surface area contributed by atoms with Gasteiger partial charge in [-0.3, -0.25) is 4.79 Å². The molecule has 10 nitrogen and oxygen atoms in total. The summed E-state index contributed by atoms with van der Waals surface area (Å²) in [5, 5.41) is 5.76. The molecule has 0 bridgehead atoms. The molecule has 0 saturated carbocycles. The molecule has 0 unspecified atom stereocenters. The lowest BCUT2D eigenvalue weighted by atomic mass is 9.84. The Morgan fingerprint density at radius 3 is 1.94 bits per heavy atom. The molecule has 0 aliphatic heterocycles. The van der Waals surface area contributed by atoms with Gasteiger partial charge in [-0.15, -0.1) is 0 Å². The van der Waals surface area contributed by atoms with Crippen LogP contribution >= 0.6 is 0 Å². The first-order valence-electron chi connectivity index (χ1n) is 16.4. The highest BCUT2D eigenvalue weighted by Crippen LogP contribution is 2.29. The molecule has 3 aromatic rings. The SMILES string of the molecule is CC(C)CCN([C@H](C=O)CCCCNC(=O)[C@@H](NC(=O)OC(C)(C)C)C(c1ccccc1)c1ccccc1)S(=O)(=O)c1ccc(N)cc1. The van der Waals surface area contributed by atoms with Gasteiger partial charge in [0.2, 0.25) is 15.9 Å². The number of nitrogens with two attached hydrogens (primary N) is 1. The van der Waals surface area contributed by atoms with Gasteiger partial charge in [0.15, 0.2) is 0 Å². The molecule has 3 aromatic carbocycles. The van der Waals surface area contributed by atoms with Gasteiger partial charge in [-0.1, -0.05) is 74.5 Å². The number of hydrogen-bond donors (Lipinski definition) is 3. The molecule has 0 spiro atoms. The number of ether oxygens (including phenoxy) is 1. The lowest BCUT2D eigenvalue weighted by molar-refractivity contribution is -0.123. The molecule has 3 rings (SSSR count). The Bertz CT molecular complexity index is 1520. The Kier molecular flexibility index (Phi) is 14.2. The second kappa shape index (κ2) is 17.8. The van der Waals surface area contributed by atoms with E-state index >= 15 is 0 Å². The van der Waals surface area contributed by atoms with Crippen LogP contribution in [0.1, 0.15) is 77.3 Å². The molecule has 260 valence electrons. The van der Waals surface area contributed by atoms with Gasteiger partial charge in [0.25, 0.3) is 0 Å². The molecular weight excluding hydrogens is 628 g/mol. The molecule has 4 N–H and O–H groups in total. The van der Waals surface area contributed by atoms with Crippen LogP contribution in [0.3, 0.4) is 0 Å². The van der Waals surface area contributed by atoms with Crippen molar-refractivity contribution in [3.63, 3.8) is 0 Å². The number of unbranched alkanes of at least 4 members (excludes halogenated alkanes) is 1. The average molecular weight is 679 g/mol. The molecule has 0 aliphatic rings. The summed E-state index contributed by atoms with van der Waals surface area (Å²) in [6.07, 6.45) is 1.79. The molecule has 11 heteroatoms. The maximum atomic E-state index is 13.8. The van der Waals surface area contributed by atoms with E-state index in [-0.39, 0.29) is 30.3 Å². The van der Waals surface area contributed by atoms with Crippen LogP contribution < -0.4 is 16.4 Å². The molecule has 0 saturated heterocycles. The zero-order chi connectivity index (χ0) is 35.3. The Hall–Kier alpha value is -4.22. The summed E-state index contributed by atoms with van der Waals surface area (Å²) in [5.74, 6) is -0.670. The van der Waals surface area contributed by atoms with Gasteiger partial charge in [0.05, 0.1) is 10.9 Å². The van der Waals surface area contributed by atoms with E-state index in [1.165, 1.54) is 28.6 Å². The topological polar surface area (TPSA) is 148 Å². The summed E-state index contributed by atoms with van der Waals surface area (Å²) in [6.45, 7) is 9.71. The average Bonchev–Trinajstić information content (AvgIpc) is 3.03. The quantitative estimate of drug-likeness (QED) is 0.0917. The first kappa shape index (κ1) is 38.2. The summed E-state index contributed by atoms with van der Waals surface area (Å²) >= 11 is 0. The van der Waals surface area contributed by atoms with E-state index in [1.807, 2.05) is 74.5 Å². The maximum Gasteiger partial charge on any atom is 0.408 e. The molecule has 0 fully saturated rings. The number of carbonyl (C=O) groups is 3. The van der Waals surface area contributed by atoms with E-state index < -0.39 is 45.6 Å².